The van der Waals surface area contributed by atoms with Gasteiger partial charge in [0, 0.05) is 29.1 Å². The Hall–Kier alpha value is -2.92. The number of fused-ring (bicyclic) bond motifs is 2. The predicted molar refractivity (Wildman–Crippen MR) is 146 cm³/mol. The number of aromatic carboxylic acids is 1. The number of aromatic nitrogens is 3. The first-order valence-electron chi connectivity index (χ1n) is 13.0. The lowest BCUT2D eigenvalue weighted by Crippen LogP contribution is -2.45. The number of hydrogen-bond acceptors (Lipinski definition) is 9. The van der Waals surface area contributed by atoms with Gasteiger partial charge in [-0.3, -0.25) is 0 Å². The second-order valence-corrected chi connectivity index (χ2v) is 12.2. The molecule has 4 aromatic rings. The maximum Gasteiger partial charge on any atom is 0.345 e. The average Bonchev–Trinajstić information content (AvgIpc) is 3.25. The fraction of sp³-hybridized carbons (Fsp3) is 0.407. The summed E-state index contributed by atoms with van der Waals surface area (Å²) in [5, 5.41) is 23.1. The number of carboxylic acids is 1. The van der Waals surface area contributed by atoms with E-state index in [2.05, 4.69) is 20.3 Å². The molecule has 3 atom stereocenters. The summed E-state index contributed by atoms with van der Waals surface area (Å²) in [5.74, 6) is 0.611. The molecule has 2 aliphatic heterocycles. The first-order valence-corrected chi connectivity index (χ1v) is 14.5. The topological polar surface area (TPSA) is 115 Å². The summed E-state index contributed by atoms with van der Waals surface area (Å²) in [7, 11) is 0. The molecule has 1 aliphatic carbocycles. The lowest BCUT2D eigenvalue weighted by molar-refractivity contribution is 0.0139. The van der Waals surface area contributed by atoms with Crippen LogP contribution >= 0.6 is 34.5 Å². The molecule has 1 saturated carbocycles. The number of carboxylic acid groups (broad SMARTS) is 1. The van der Waals surface area contributed by atoms with Gasteiger partial charge in [0.15, 0.2) is 0 Å². The number of piperidine rings is 1. The summed E-state index contributed by atoms with van der Waals surface area (Å²) in [4.78, 5) is 14.3. The Kier molecular flexibility index (Phi) is 6.38. The predicted octanol–water partition coefficient (Wildman–Crippen LogP) is 7.05. The number of anilines is 1. The molecule has 5 heterocycles. The number of rotatable bonds is 8. The quantitative estimate of drug-likeness (QED) is 0.232. The first-order chi connectivity index (χ1) is 19.0. The molecule has 0 spiro atoms. The number of benzene rings is 1. The Morgan fingerprint density at radius 2 is 1.82 bits per heavy atom. The Bertz CT molecular complexity index is 1510. The fourth-order valence-electron chi connectivity index (χ4n) is 5.81. The van der Waals surface area contributed by atoms with Crippen LogP contribution in [0.5, 0.6) is 0 Å². The lowest BCUT2D eigenvalue weighted by Gasteiger charge is -2.37. The molecule has 1 aromatic carbocycles. The maximum atomic E-state index is 11.2. The zero-order valence-corrected chi connectivity index (χ0v) is 23.0. The Labute approximate surface area is 237 Å². The minimum Gasteiger partial charge on any atom is -0.477 e. The summed E-state index contributed by atoms with van der Waals surface area (Å²) < 4.78 is 18.3. The molecule has 3 aliphatic rings. The van der Waals surface area contributed by atoms with Crippen molar-refractivity contribution in [1.29, 1.82) is 0 Å². The Balaban J connectivity index is 1.07. The van der Waals surface area contributed by atoms with Crippen molar-refractivity contribution >= 4 is 46.5 Å². The van der Waals surface area contributed by atoms with E-state index in [0.717, 1.165) is 61.2 Å². The number of halogens is 2. The SMILES string of the molecule is O=C(O)c1ccc(-c2nnc(N3[C@@H]4CC[C@H]3C[C@@H](OCc3c(-c5c(Cl)cccc5Cl)noc3C3CC3)C4)o2)s1. The van der Waals surface area contributed by atoms with Crippen LogP contribution in [-0.2, 0) is 11.3 Å². The lowest BCUT2D eigenvalue weighted by atomic mass is 10.00. The van der Waals surface area contributed by atoms with Gasteiger partial charge in [-0.15, -0.1) is 16.4 Å². The number of nitrogens with zero attached hydrogens (tertiary/aromatic N) is 4. The minimum absolute atomic E-state index is 0.0630. The van der Waals surface area contributed by atoms with Crippen molar-refractivity contribution in [3.05, 3.63) is 56.6 Å². The van der Waals surface area contributed by atoms with E-state index < -0.39 is 5.97 Å². The molecule has 202 valence electrons. The third kappa shape index (κ3) is 4.63. The molecule has 1 N–H and O–H groups in total. The number of ether oxygens (including phenoxy) is 1. The van der Waals surface area contributed by atoms with E-state index >= 15 is 0 Å². The normalized spacial score (nSPS) is 22.5. The van der Waals surface area contributed by atoms with E-state index in [-0.39, 0.29) is 23.1 Å². The standard InChI is InChI=1S/C27H24Cl2N4O5S/c28-18-2-1-3-19(29)22(18)23-17(24(38-32-23)13-4-5-13)12-36-16-10-14-6-7-15(11-16)33(14)27-31-30-25(37-27)20-8-9-21(39-20)26(34)35/h1-3,8-9,13-16H,4-7,10-12H2,(H,34,35)/t14-,15+,16+. The van der Waals surface area contributed by atoms with Gasteiger partial charge < -0.3 is 23.7 Å². The highest BCUT2D eigenvalue weighted by atomic mass is 35.5. The van der Waals surface area contributed by atoms with Crippen LogP contribution in [0.3, 0.4) is 0 Å². The van der Waals surface area contributed by atoms with Gasteiger partial charge in [0.1, 0.15) is 16.3 Å². The molecule has 2 bridgehead atoms. The molecular weight excluding hydrogens is 563 g/mol. The minimum atomic E-state index is -0.969. The molecule has 0 amide bonds. The van der Waals surface area contributed by atoms with E-state index in [1.807, 2.05) is 6.07 Å². The van der Waals surface area contributed by atoms with Crippen molar-refractivity contribution < 1.29 is 23.6 Å². The molecule has 0 unspecified atom stereocenters. The summed E-state index contributed by atoms with van der Waals surface area (Å²) in [6.45, 7) is 0.380. The van der Waals surface area contributed by atoms with Crippen LogP contribution in [0.25, 0.3) is 22.0 Å². The van der Waals surface area contributed by atoms with Crippen LogP contribution in [0.15, 0.2) is 39.3 Å². The second kappa shape index (κ2) is 9.92. The van der Waals surface area contributed by atoms with Crippen molar-refractivity contribution in [3.63, 3.8) is 0 Å². The first kappa shape index (κ1) is 25.1. The molecule has 7 rings (SSSR count). The fourth-order valence-corrected chi connectivity index (χ4v) is 7.15. The highest BCUT2D eigenvalue weighted by Gasteiger charge is 2.44. The third-order valence-electron chi connectivity index (χ3n) is 7.78. The van der Waals surface area contributed by atoms with Crippen LogP contribution < -0.4 is 4.90 Å². The van der Waals surface area contributed by atoms with Gasteiger partial charge in [0.2, 0.25) is 0 Å². The molecule has 0 radical (unpaired) electrons. The van der Waals surface area contributed by atoms with Crippen LogP contribution in [0.2, 0.25) is 10.0 Å². The Morgan fingerprint density at radius 3 is 2.49 bits per heavy atom. The van der Waals surface area contributed by atoms with E-state index in [1.165, 1.54) is 0 Å². The second-order valence-electron chi connectivity index (χ2n) is 10.3. The summed E-state index contributed by atoms with van der Waals surface area (Å²) in [6.07, 6.45) is 5.93. The van der Waals surface area contributed by atoms with E-state index in [1.54, 1.807) is 24.3 Å². The largest absolute Gasteiger partial charge is 0.477 e. The van der Waals surface area contributed by atoms with E-state index in [4.69, 9.17) is 36.9 Å². The van der Waals surface area contributed by atoms with Crippen molar-refractivity contribution in [1.82, 2.24) is 15.4 Å². The zero-order valence-electron chi connectivity index (χ0n) is 20.7. The summed E-state index contributed by atoms with van der Waals surface area (Å²) in [6, 6.07) is 9.60. The third-order valence-corrected chi connectivity index (χ3v) is 9.47. The van der Waals surface area contributed by atoms with Crippen molar-refractivity contribution in [2.75, 3.05) is 4.90 Å². The van der Waals surface area contributed by atoms with E-state index in [9.17, 15) is 9.90 Å². The van der Waals surface area contributed by atoms with Gasteiger partial charge in [-0.2, -0.15) is 0 Å². The molecule has 12 heteroatoms. The molecular formula is C27H24Cl2N4O5S. The molecule has 9 nitrogen and oxygen atoms in total. The zero-order chi connectivity index (χ0) is 26.7. The van der Waals surface area contributed by atoms with Crippen LogP contribution in [0.1, 0.15) is 65.4 Å². The molecule has 39 heavy (non-hydrogen) atoms. The smallest absolute Gasteiger partial charge is 0.345 e. The van der Waals surface area contributed by atoms with Gasteiger partial charge in [0.05, 0.1) is 27.6 Å². The summed E-state index contributed by atoms with van der Waals surface area (Å²) >= 11 is 14.1. The summed E-state index contributed by atoms with van der Waals surface area (Å²) in [5.41, 5.74) is 2.27. The van der Waals surface area contributed by atoms with Gasteiger partial charge in [0.25, 0.3) is 5.89 Å². The van der Waals surface area contributed by atoms with Gasteiger partial charge in [-0.1, -0.05) is 39.5 Å². The highest BCUT2D eigenvalue weighted by Crippen LogP contribution is 2.47. The molecule has 2 saturated heterocycles. The number of hydrogen-bond donors (Lipinski definition) is 1. The van der Waals surface area contributed by atoms with Crippen molar-refractivity contribution in [3.8, 4) is 22.0 Å². The van der Waals surface area contributed by atoms with Crippen LogP contribution in [0.4, 0.5) is 6.01 Å². The maximum absolute atomic E-state index is 11.2. The highest BCUT2D eigenvalue weighted by molar-refractivity contribution is 7.17. The van der Waals surface area contributed by atoms with Crippen LogP contribution in [0, 0.1) is 0 Å². The van der Waals surface area contributed by atoms with Gasteiger partial charge >= 0.3 is 12.0 Å². The monoisotopic (exact) mass is 586 g/mol. The number of thiophene rings is 1. The Morgan fingerprint density at radius 1 is 1.08 bits per heavy atom. The molecule has 3 aromatic heterocycles. The van der Waals surface area contributed by atoms with Crippen molar-refractivity contribution in [2.24, 2.45) is 0 Å². The number of carbonyl (C=O) groups is 1. The van der Waals surface area contributed by atoms with Gasteiger partial charge in [-0.05, 0) is 62.8 Å². The van der Waals surface area contributed by atoms with Crippen molar-refractivity contribution in [2.45, 2.75) is 69.2 Å². The van der Waals surface area contributed by atoms with Gasteiger partial charge in [-0.25, -0.2) is 4.79 Å². The van der Waals surface area contributed by atoms with Crippen LogP contribution in [-0.4, -0.2) is 44.6 Å². The molecule has 3 fully saturated rings. The average molecular weight is 587 g/mol. The van der Waals surface area contributed by atoms with E-state index in [0.29, 0.717) is 50.6 Å².